The van der Waals surface area contributed by atoms with Gasteiger partial charge in [-0.05, 0) is 43.9 Å². The zero-order chi connectivity index (χ0) is 11.5. The third kappa shape index (κ3) is 3.60. The molecule has 2 rings (SSSR count). The highest BCUT2D eigenvalue weighted by Crippen LogP contribution is 2.33. The topological polar surface area (TPSA) is 12.0 Å². The van der Waals surface area contributed by atoms with Crippen LogP contribution < -0.4 is 5.32 Å². The van der Waals surface area contributed by atoms with Crippen LogP contribution in [0.25, 0.3) is 0 Å². The Hall–Kier alpha value is -0.340. The predicted molar refractivity (Wildman–Crippen MR) is 72.5 cm³/mol. The third-order valence-corrected chi connectivity index (χ3v) is 3.76. The molecule has 0 amide bonds. The summed E-state index contributed by atoms with van der Waals surface area (Å²) in [6.07, 6.45) is 4.22. The van der Waals surface area contributed by atoms with Gasteiger partial charge < -0.3 is 5.32 Å². The van der Waals surface area contributed by atoms with Gasteiger partial charge in [0.15, 0.2) is 0 Å². The van der Waals surface area contributed by atoms with Crippen LogP contribution in [-0.4, -0.2) is 6.04 Å². The van der Waals surface area contributed by atoms with Crippen LogP contribution in [0.2, 0.25) is 0 Å². The molecule has 1 nitrogen and oxygen atoms in total. The van der Waals surface area contributed by atoms with Crippen LogP contribution in [0.15, 0.2) is 28.7 Å². The van der Waals surface area contributed by atoms with Crippen molar-refractivity contribution in [2.75, 3.05) is 0 Å². The zero-order valence-electron chi connectivity index (χ0n) is 10.0. The maximum atomic E-state index is 3.67. The van der Waals surface area contributed by atoms with E-state index < -0.39 is 0 Å². The number of benzene rings is 1. The van der Waals surface area contributed by atoms with Gasteiger partial charge in [0.2, 0.25) is 0 Å². The Morgan fingerprint density at radius 3 is 2.75 bits per heavy atom. The highest BCUT2D eigenvalue weighted by molar-refractivity contribution is 9.10. The molecule has 0 radical (unpaired) electrons. The smallest absolute Gasteiger partial charge is 0.0294 e. The normalized spacial score (nSPS) is 19.4. The van der Waals surface area contributed by atoms with Crippen molar-refractivity contribution in [2.24, 2.45) is 5.92 Å². The molecule has 1 aliphatic rings. The van der Waals surface area contributed by atoms with Crippen LogP contribution in [0, 0.1) is 5.92 Å². The molecule has 1 saturated carbocycles. The second-order valence-electron chi connectivity index (χ2n) is 5.02. The van der Waals surface area contributed by atoms with Crippen molar-refractivity contribution in [3.63, 3.8) is 0 Å². The van der Waals surface area contributed by atoms with E-state index in [2.05, 4.69) is 59.4 Å². The van der Waals surface area contributed by atoms with E-state index in [0.29, 0.717) is 12.1 Å². The Bertz CT molecular complexity index is 346. The van der Waals surface area contributed by atoms with E-state index in [4.69, 9.17) is 0 Å². The van der Waals surface area contributed by atoms with Gasteiger partial charge in [-0.25, -0.2) is 0 Å². The Kier molecular flexibility index (Phi) is 4.04. The minimum atomic E-state index is 0.436. The first-order valence-corrected chi connectivity index (χ1v) is 6.96. The molecule has 0 aromatic heterocycles. The molecule has 1 aromatic carbocycles. The molecule has 0 heterocycles. The Morgan fingerprint density at radius 1 is 1.38 bits per heavy atom. The monoisotopic (exact) mass is 281 g/mol. The average molecular weight is 282 g/mol. The molecule has 1 fully saturated rings. The molecule has 1 unspecified atom stereocenters. The first kappa shape index (κ1) is 12.1. The minimum absolute atomic E-state index is 0.436. The molecule has 0 saturated heterocycles. The molecule has 88 valence electrons. The standard InChI is InChI=1S/C14H20BrN/c1-10(8-12-6-7-12)16-11(2)13-4-3-5-14(15)9-13/h3-5,9-12,16H,6-8H2,1-2H3/t10?,11-/m1/s1. The van der Waals surface area contributed by atoms with Crippen LogP contribution in [0.3, 0.4) is 0 Å². The quantitative estimate of drug-likeness (QED) is 0.849. The van der Waals surface area contributed by atoms with Gasteiger partial charge in [0.1, 0.15) is 0 Å². The summed E-state index contributed by atoms with van der Waals surface area (Å²) in [6.45, 7) is 4.54. The summed E-state index contributed by atoms with van der Waals surface area (Å²) in [5.41, 5.74) is 1.36. The summed E-state index contributed by atoms with van der Waals surface area (Å²) in [7, 11) is 0. The summed E-state index contributed by atoms with van der Waals surface area (Å²) in [4.78, 5) is 0. The average Bonchev–Trinajstić information content (AvgIpc) is 3.01. The van der Waals surface area contributed by atoms with E-state index in [-0.39, 0.29) is 0 Å². The van der Waals surface area contributed by atoms with Gasteiger partial charge in [-0.1, -0.05) is 40.9 Å². The maximum Gasteiger partial charge on any atom is 0.0294 e. The van der Waals surface area contributed by atoms with Crippen LogP contribution in [0.4, 0.5) is 0 Å². The zero-order valence-corrected chi connectivity index (χ0v) is 11.6. The largest absolute Gasteiger partial charge is 0.308 e. The summed E-state index contributed by atoms with van der Waals surface area (Å²) in [5, 5.41) is 3.67. The lowest BCUT2D eigenvalue weighted by molar-refractivity contribution is 0.438. The van der Waals surface area contributed by atoms with Crippen molar-refractivity contribution in [3.05, 3.63) is 34.3 Å². The SMILES string of the molecule is CC(CC1CC1)N[C@H](C)c1cccc(Br)c1. The van der Waals surface area contributed by atoms with Gasteiger partial charge in [-0.3, -0.25) is 0 Å². The van der Waals surface area contributed by atoms with Gasteiger partial charge >= 0.3 is 0 Å². The van der Waals surface area contributed by atoms with Crippen molar-refractivity contribution < 1.29 is 0 Å². The van der Waals surface area contributed by atoms with Gasteiger partial charge in [0.05, 0.1) is 0 Å². The molecule has 0 bridgehead atoms. The Balaban J connectivity index is 1.88. The fourth-order valence-corrected chi connectivity index (χ4v) is 2.64. The lowest BCUT2D eigenvalue weighted by Crippen LogP contribution is -2.29. The first-order chi connectivity index (χ1) is 7.65. The van der Waals surface area contributed by atoms with Gasteiger partial charge in [-0.15, -0.1) is 0 Å². The Labute approximate surface area is 107 Å². The predicted octanol–water partition coefficient (Wildman–Crippen LogP) is 4.29. The summed E-state index contributed by atoms with van der Waals surface area (Å²) >= 11 is 3.52. The van der Waals surface area contributed by atoms with Gasteiger partial charge in [0, 0.05) is 16.6 Å². The molecule has 1 N–H and O–H groups in total. The molecule has 1 aromatic rings. The van der Waals surface area contributed by atoms with Crippen molar-refractivity contribution in [2.45, 2.75) is 45.2 Å². The Morgan fingerprint density at radius 2 is 2.12 bits per heavy atom. The number of nitrogens with one attached hydrogen (secondary N) is 1. The van der Waals surface area contributed by atoms with Crippen molar-refractivity contribution in [1.29, 1.82) is 0 Å². The van der Waals surface area contributed by atoms with E-state index in [1.807, 2.05) is 0 Å². The highest BCUT2D eigenvalue weighted by atomic mass is 79.9. The summed E-state index contributed by atoms with van der Waals surface area (Å²) in [5.74, 6) is 0.997. The summed E-state index contributed by atoms with van der Waals surface area (Å²) in [6, 6.07) is 9.62. The second kappa shape index (κ2) is 5.33. The molecule has 0 spiro atoms. The maximum absolute atomic E-state index is 3.67. The third-order valence-electron chi connectivity index (χ3n) is 3.27. The van der Waals surface area contributed by atoms with E-state index in [0.717, 1.165) is 10.4 Å². The van der Waals surface area contributed by atoms with Crippen LogP contribution >= 0.6 is 15.9 Å². The van der Waals surface area contributed by atoms with E-state index in [9.17, 15) is 0 Å². The number of hydrogen-bond donors (Lipinski definition) is 1. The van der Waals surface area contributed by atoms with Crippen molar-refractivity contribution in [3.8, 4) is 0 Å². The van der Waals surface area contributed by atoms with E-state index >= 15 is 0 Å². The lowest BCUT2D eigenvalue weighted by atomic mass is 10.1. The van der Waals surface area contributed by atoms with Crippen LogP contribution in [0.5, 0.6) is 0 Å². The number of rotatable bonds is 5. The van der Waals surface area contributed by atoms with Crippen LogP contribution in [0.1, 0.15) is 44.7 Å². The molecule has 2 heteroatoms. The summed E-state index contributed by atoms with van der Waals surface area (Å²) < 4.78 is 1.16. The van der Waals surface area contributed by atoms with Crippen LogP contribution in [-0.2, 0) is 0 Å². The fraction of sp³-hybridized carbons (Fsp3) is 0.571. The second-order valence-corrected chi connectivity index (χ2v) is 5.94. The number of hydrogen-bond acceptors (Lipinski definition) is 1. The van der Waals surface area contributed by atoms with Gasteiger partial charge in [-0.2, -0.15) is 0 Å². The van der Waals surface area contributed by atoms with Crippen molar-refractivity contribution in [1.82, 2.24) is 5.32 Å². The molecule has 16 heavy (non-hydrogen) atoms. The minimum Gasteiger partial charge on any atom is -0.308 e. The van der Waals surface area contributed by atoms with E-state index in [1.54, 1.807) is 0 Å². The lowest BCUT2D eigenvalue weighted by Gasteiger charge is -2.20. The van der Waals surface area contributed by atoms with Gasteiger partial charge in [0.25, 0.3) is 0 Å². The molecule has 2 atom stereocenters. The highest BCUT2D eigenvalue weighted by Gasteiger charge is 2.24. The first-order valence-electron chi connectivity index (χ1n) is 6.16. The molecule has 0 aliphatic heterocycles. The van der Waals surface area contributed by atoms with Crippen molar-refractivity contribution >= 4 is 15.9 Å². The number of halogens is 1. The molecular formula is C14H20BrN. The molecular weight excluding hydrogens is 262 g/mol. The molecule has 1 aliphatic carbocycles. The van der Waals surface area contributed by atoms with E-state index in [1.165, 1.54) is 24.8 Å². The fourth-order valence-electron chi connectivity index (χ4n) is 2.22.